The van der Waals surface area contributed by atoms with E-state index in [4.69, 9.17) is 4.74 Å². The molecule has 0 amide bonds. The van der Waals surface area contributed by atoms with Crippen molar-refractivity contribution in [3.05, 3.63) is 0 Å². The van der Waals surface area contributed by atoms with Gasteiger partial charge in [0, 0.05) is 5.92 Å². The van der Waals surface area contributed by atoms with Crippen LogP contribution in [0.25, 0.3) is 0 Å². The Morgan fingerprint density at radius 1 is 1.42 bits per heavy atom. The van der Waals surface area contributed by atoms with Gasteiger partial charge < -0.3 is 4.74 Å². The van der Waals surface area contributed by atoms with E-state index >= 15 is 0 Å². The van der Waals surface area contributed by atoms with Crippen molar-refractivity contribution < 1.29 is 9.53 Å². The molecule has 1 aliphatic rings. The second-order valence-electron chi connectivity index (χ2n) is 3.53. The molecule has 0 aromatic carbocycles. The summed E-state index contributed by atoms with van der Waals surface area (Å²) in [5, 5.41) is 0.483. The molecule has 0 saturated carbocycles. The molecule has 1 aliphatic heterocycles. The Balaban J connectivity index is 2.49. The van der Waals surface area contributed by atoms with Crippen molar-refractivity contribution in [2.45, 2.75) is 38.9 Å². The lowest BCUT2D eigenvalue weighted by molar-refractivity contribution is -0.128. The van der Waals surface area contributed by atoms with Crippen molar-refractivity contribution in [3.8, 4) is 0 Å². The number of carbonyl (C=O) groups is 1. The van der Waals surface area contributed by atoms with E-state index in [1.807, 2.05) is 13.8 Å². The van der Waals surface area contributed by atoms with Crippen molar-refractivity contribution in [1.82, 2.24) is 0 Å². The van der Waals surface area contributed by atoms with Crippen molar-refractivity contribution >= 4 is 21.7 Å². The Kier molecular flexibility index (Phi) is 3.72. The number of rotatable bonds is 2. The Morgan fingerprint density at radius 3 is 2.33 bits per heavy atom. The molecular formula is C9H15BrO2. The summed E-state index contributed by atoms with van der Waals surface area (Å²) in [6.45, 7) is 4.06. The highest BCUT2D eigenvalue weighted by Gasteiger charge is 2.28. The van der Waals surface area contributed by atoms with Gasteiger partial charge in [-0.15, -0.1) is 0 Å². The standard InChI is InChI=1S/C9H15BrO2/c1-6-3-8(9(11)5-10)4-7(2)12-6/h6-8H,3-5H2,1-2H3/t6-,7+,8?. The molecule has 0 aliphatic carbocycles. The second kappa shape index (κ2) is 4.38. The van der Waals surface area contributed by atoms with Gasteiger partial charge in [-0.05, 0) is 26.7 Å². The van der Waals surface area contributed by atoms with E-state index in [-0.39, 0.29) is 18.1 Å². The number of Topliss-reactive ketones (excluding diaryl/α,β-unsaturated/α-hetero) is 1. The lowest BCUT2D eigenvalue weighted by Crippen LogP contribution is -2.33. The third-order valence-electron chi connectivity index (χ3n) is 2.28. The summed E-state index contributed by atoms with van der Waals surface area (Å²) in [5.41, 5.74) is 0. The fourth-order valence-electron chi connectivity index (χ4n) is 1.78. The smallest absolute Gasteiger partial charge is 0.146 e. The fraction of sp³-hybridized carbons (Fsp3) is 0.889. The van der Waals surface area contributed by atoms with Crippen LogP contribution >= 0.6 is 15.9 Å². The van der Waals surface area contributed by atoms with Gasteiger partial charge in [0.05, 0.1) is 17.5 Å². The minimum atomic E-state index is 0.211. The normalized spacial score (nSPS) is 36.4. The topological polar surface area (TPSA) is 26.3 Å². The summed E-state index contributed by atoms with van der Waals surface area (Å²) < 4.78 is 5.54. The van der Waals surface area contributed by atoms with Gasteiger partial charge in [0.25, 0.3) is 0 Å². The van der Waals surface area contributed by atoms with Crippen LogP contribution in [-0.2, 0) is 9.53 Å². The molecule has 1 unspecified atom stereocenters. The maximum absolute atomic E-state index is 11.4. The third-order valence-corrected chi connectivity index (χ3v) is 2.84. The molecule has 3 heteroatoms. The number of carbonyl (C=O) groups excluding carboxylic acids is 1. The SMILES string of the molecule is C[C@@H]1CC(C(=O)CBr)C[C@H](C)O1. The Morgan fingerprint density at radius 2 is 1.92 bits per heavy atom. The first kappa shape index (κ1) is 10.2. The van der Waals surface area contributed by atoms with Crippen LogP contribution in [0.15, 0.2) is 0 Å². The molecule has 0 aromatic rings. The lowest BCUT2D eigenvalue weighted by Gasteiger charge is -2.30. The van der Waals surface area contributed by atoms with Gasteiger partial charge in [0.2, 0.25) is 0 Å². The molecule has 0 radical (unpaired) electrons. The van der Waals surface area contributed by atoms with Gasteiger partial charge in [-0.1, -0.05) is 15.9 Å². The summed E-state index contributed by atoms with van der Waals surface area (Å²) in [5.74, 6) is 0.528. The third kappa shape index (κ3) is 2.56. The minimum Gasteiger partial charge on any atom is -0.376 e. The van der Waals surface area contributed by atoms with Crippen LogP contribution in [-0.4, -0.2) is 23.3 Å². The molecule has 1 rings (SSSR count). The monoisotopic (exact) mass is 234 g/mol. The number of hydrogen-bond acceptors (Lipinski definition) is 2. The molecule has 0 N–H and O–H groups in total. The predicted octanol–water partition coefficient (Wildman–Crippen LogP) is 2.15. The second-order valence-corrected chi connectivity index (χ2v) is 4.09. The van der Waals surface area contributed by atoms with Crippen LogP contribution in [0.1, 0.15) is 26.7 Å². The summed E-state index contributed by atoms with van der Waals surface area (Å²) in [6, 6.07) is 0. The zero-order chi connectivity index (χ0) is 9.14. The number of ether oxygens (including phenoxy) is 1. The first-order valence-electron chi connectivity index (χ1n) is 4.37. The Bertz CT molecular complexity index is 160. The quantitative estimate of drug-likeness (QED) is 0.685. The summed E-state index contributed by atoms with van der Waals surface area (Å²) in [6.07, 6.45) is 2.24. The zero-order valence-electron chi connectivity index (χ0n) is 7.55. The number of ketones is 1. The molecule has 70 valence electrons. The van der Waals surface area contributed by atoms with Crippen LogP contribution in [0.5, 0.6) is 0 Å². The molecule has 1 fully saturated rings. The highest BCUT2D eigenvalue weighted by molar-refractivity contribution is 9.09. The zero-order valence-corrected chi connectivity index (χ0v) is 9.13. The van der Waals surface area contributed by atoms with Crippen molar-refractivity contribution in [3.63, 3.8) is 0 Å². The van der Waals surface area contributed by atoms with E-state index in [1.165, 1.54) is 0 Å². The highest BCUT2D eigenvalue weighted by atomic mass is 79.9. The van der Waals surface area contributed by atoms with Gasteiger partial charge in [-0.3, -0.25) is 4.79 Å². The van der Waals surface area contributed by atoms with Gasteiger partial charge in [0.15, 0.2) is 0 Å². The maximum atomic E-state index is 11.4. The van der Waals surface area contributed by atoms with E-state index in [9.17, 15) is 4.79 Å². The van der Waals surface area contributed by atoms with Crippen LogP contribution in [0, 0.1) is 5.92 Å². The van der Waals surface area contributed by atoms with E-state index < -0.39 is 0 Å². The largest absolute Gasteiger partial charge is 0.376 e. The van der Waals surface area contributed by atoms with Crippen LogP contribution in [0.2, 0.25) is 0 Å². The molecule has 2 nitrogen and oxygen atoms in total. The molecule has 1 heterocycles. The Hall–Kier alpha value is 0.110. The van der Waals surface area contributed by atoms with E-state index in [2.05, 4.69) is 15.9 Å². The number of hydrogen-bond donors (Lipinski definition) is 0. The molecular weight excluding hydrogens is 220 g/mol. The average Bonchev–Trinajstić information content (AvgIpc) is 2.01. The van der Waals surface area contributed by atoms with Crippen LogP contribution < -0.4 is 0 Å². The van der Waals surface area contributed by atoms with Crippen molar-refractivity contribution in [2.24, 2.45) is 5.92 Å². The molecule has 0 aromatic heterocycles. The van der Waals surface area contributed by atoms with Gasteiger partial charge >= 0.3 is 0 Å². The van der Waals surface area contributed by atoms with E-state index in [0.29, 0.717) is 11.1 Å². The average molecular weight is 235 g/mol. The molecule has 0 bridgehead atoms. The first-order chi connectivity index (χ1) is 5.63. The van der Waals surface area contributed by atoms with E-state index in [1.54, 1.807) is 0 Å². The van der Waals surface area contributed by atoms with Crippen LogP contribution in [0.4, 0.5) is 0 Å². The lowest BCUT2D eigenvalue weighted by atomic mass is 9.90. The predicted molar refractivity (Wildman–Crippen MR) is 51.5 cm³/mol. The molecule has 1 saturated heterocycles. The van der Waals surface area contributed by atoms with Crippen molar-refractivity contribution in [1.29, 1.82) is 0 Å². The summed E-state index contributed by atoms with van der Waals surface area (Å²) in [4.78, 5) is 11.4. The molecule has 12 heavy (non-hydrogen) atoms. The van der Waals surface area contributed by atoms with E-state index in [0.717, 1.165) is 12.8 Å². The molecule has 0 spiro atoms. The van der Waals surface area contributed by atoms with Gasteiger partial charge in [-0.2, -0.15) is 0 Å². The van der Waals surface area contributed by atoms with Crippen LogP contribution in [0.3, 0.4) is 0 Å². The highest BCUT2D eigenvalue weighted by Crippen LogP contribution is 2.25. The minimum absolute atomic E-state index is 0.211. The summed E-state index contributed by atoms with van der Waals surface area (Å²) in [7, 11) is 0. The van der Waals surface area contributed by atoms with Gasteiger partial charge in [0.1, 0.15) is 5.78 Å². The van der Waals surface area contributed by atoms with Gasteiger partial charge in [-0.25, -0.2) is 0 Å². The fourth-order valence-corrected chi connectivity index (χ4v) is 2.24. The first-order valence-corrected chi connectivity index (χ1v) is 5.49. The summed E-state index contributed by atoms with van der Waals surface area (Å²) >= 11 is 3.20. The number of halogens is 1. The maximum Gasteiger partial charge on any atom is 0.146 e. The Labute approximate surface area is 81.8 Å². The van der Waals surface area contributed by atoms with Crippen molar-refractivity contribution in [2.75, 3.05) is 5.33 Å². The molecule has 3 atom stereocenters. The number of alkyl halides is 1.